The predicted molar refractivity (Wildman–Crippen MR) is 71.0 cm³/mol. The second kappa shape index (κ2) is 5.70. The van der Waals surface area contributed by atoms with Crippen molar-refractivity contribution in [3.05, 3.63) is 29.3 Å². The van der Waals surface area contributed by atoms with Crippen molar-refractivity contribution in [1.82, 2.24) is 5.32 Å². The molecule has 1 aromatic carbocycles. The first-order valence-electron chi connectivity index (χ1n) is 6.00. The van der Waals surface area contributed by atoms with E-state index in [0.29, 0.717) is 6.54 Å². The molecule has 1 aromatic rings. The summed E-state index contributed by atoms with van der Waals surface area (Å²) < 4.78 is 38.5. The summed E-state index contributed by atoms with van der Waals surface area (Å²) in [5.41, 5.74) is 0.524. The van der Waals surface area contributed by atoms with Gasteiger partial charge in [0, 0.05) is 12.1 Å². The molecule has 0 radical (unpaired) electrons. The fourth-order valence-electron chi connectivity index (χ4n) is 1.49. The summed E-state index contributed by atoms with van der Waals surface area (Å²) >= 11 is 0. The molecule has 0 spiro atoms. The fraction of sp³-hybridized carbons (Fsp3) is 0.462. The predicted octanol–water partition coefficient (Wildman–Crippen LogP) is 2.77. The number of anilines is 1. The average molecular weight is 289 g/mol. The van der Waals surface area contributed by atoms with Gasteiger partial charge in [-0.3, -0.25) is 10.6 Å². The highest BCUT2D eigenvalue weighted by atomic mass is 19.4. The van der Waals surface area contributed by atoms with Crippen LogP contribution in [0.1, 0.15) is 36.7 Å². The second-order valence-electron chi connectivity index (χ2n) is 5.65. The van der Waals surface area contributed by atoms with Crippen LogP contribution in [-0.2, 0) is 6.18 Å². The first-order valence-corrected chi connectivity index (χ1v) is 6.00. The Bertz CT molecular complexity index is 493. The molecule has 0 aromatic heterocycles. The number of rotatable bonds is 3. The molecule has 0 aliphatic heterocycles. The van der Waals surface area contributed by atoms with E-state index in [0.717, 1.165) is 12.1 Å². The van der Waals surface area contributed by atoms with Crippen molar-refractivity contribution >= 4 is 11.6 Å². The van der Waals surface area contributed by atoms with Crippen molar-refractivity contribution in [3.8, 4) is 0 Å². The number of benzene rings is 1. The lowest BCUT2D eigenvalue weighted by molar-refractivity contribution is -0.137. The topological polar surface area (TPSA) is 67.2 Å². The number of hydrogen-bond donors (Lipinski definition) is 3. The van der Waals surface area contributed by atoms with Crippen molar-refractivity contribution in [2.24, 2.45) is 11.3 Å². The van der Waals surface area contributed by atoms with Crippen LogP contribution in [0.25, 0.3) is 0 Å². The Hall–Kier alpha value is -1.76. The van der Waals surface area contributed by atoms with Crippen molar-refractivity contribution in [3.63, 3.8) is 0 Å². The normalized spacial score (nSPS) is 12.2. The Morgan fingerprint density at radius 2 is 1.85 bits per heavy atom. The molecule has 0 heterocycles. The number of hydrogen-bond acceptors (Lipinski definition) is 3. The number of carbonyl (C=O) groups excluding carboxylic acids is 1. The third-order valence-corrected chi connectivity index (χ3v) is 2.52. The molecular weight excluding hydrogens is 271 g/mol. The van der Waals surface area contributed by atoms with Gasteiger partial charge in [-0.1, -0.05) is 20.8 Å². The van der Waals surface area contributed by atoms with Crippen LogP contribution in [0.5, 0.6) is 0 Å². The van der Waals surface area contributed by atoms with E-state index in [1.807, 2.05) is 26.2 Å². The van der Waals surface area contributed by atoms with E-state index >= 15 is 0 Å². The van der Waals surface area contributed by atoms with Crippen LogP contribution < -0.4 is 16.6 Å². The molecule has 4 N–H and O–H groups in total. The maximum absolute atomic E-state index is 12.8. The standard InChI is InChI=1S/C13H18F3N3O/c1-12(2,3)7-18-11(20)8-4-5-10(19-17)9(6-8)13(14,15)16/h4-6,19H,7,17H2,1-3H3,(H,18,20). The number of alkyl halides is 3. The van der Waals surface area contributed by atoms with E-state index in [-0.39, 0.29) is 16.7 Å². The van der Waals surface area contributed by atoms with Crippen molar-refractivity contribution in [1.29, 1.82) is 0 Å². The number of nitrogens with two attached hydrogens (primary N) is 1. The summed E-state index contributed by atoms with van der Waals surface area (Å²) in [5.74, 6) is 4.49. The minimum atomic E-state index is -4.58. The lowest BCUT2D eigenvalue weighted by Gasteiger charge is -2.19. The van der Waals surface area contributed by atoms with Crippen LogP contribution in [0, 0.1) is 5.41 Å². The monoisotopic (exact) mass is 289 g/mol. The summed E-state index contributed by atoms with van der Waals surface area (Å²) in [6.07, 6.45) is -4.58. The summed E-state index contributed by atoms with van der Waals surface area (Å²) in [4.78, 5) is 11.8. The van der Waals surface area contributed by atoms with Gasteiger partial charge in [0.2, 0.25) is 0 Å². The second-order valence-corrected chi connectivity index (χ2v) is 5.65. The molecule has 0 fully saturated rings. The third-order valence-electron chi connectivity index (χ3n) is 2.52. The van der Waals surface area contributed by atoms with Gasteiger partial charge < -0.3 is 10.7 Å². The van der Waals surface area contributed by atoms with Crippen molar-refractivity contribution in [2.75, 3.05) is 12.0 Å². The molecule has 0 aliphatic rings. The van der Waals surface area contributed by atoms with Gasteiger partial charge >= 0.3 is 6.18 Å². The Labute approximate surface area is 115 Å². The van der Waals surface area contributed by atoms with Gasteiger partial charge in [0.05, 0.1) is 11.3 Å². The number of carbonyl (C=O) groups is 1. The number of nitrogens with one attached hydrogen (secondary N) is 2. The van der Waals surface area contributed by atoms with E-state index in [2.05, 4.69) is 5.32 Å². The molecule has 7 heteroatoms. The van der Waals surface area contributed by atoms with E-state index in [9.17, 15) is 18.0 Å². The number of halogens is 3. The van der Waals surface area contributed by atoms with Crippen LogP contribution >= 0.6 is 0 Å². The van der Waals surface area contributed by atoms with Crippen LogP contribution in [0.4, 0.5) is 18.9 Å². The van der Waals surface area contributed by atoms with Gasteiger partial charge in [-0.15, -0.1) is 0 Å². The molecular formula is C13H18F3N3O. The van der Waals surface area contributed by atoms with Gasteiger partial charge in [-0.2, -0.15) is 13.2 Å². The lowest BCUT2D eigenvalue weighted by Crippen LogP contribution is -2.32. The number of hydrazine groups is 1. The summed E-state index contributed by atoms with van der Waals surface area (Å²) in [7, 11) is 0. The van der Waals surface area contributed by atoms with Crippen molar-refractivity contribution < 1.29 is 18.0 Å². The zero-order chi connectivity index (χ0) is 15.6. The van der Waals surface area contributed by atoms with Gasteiger partial charge in [-0.25, -0.2) is 0 Å². The highest BCUT2D eigenvalue weighted by molar-refractivity contribution is 5.95. The Morgan fingerprint density at radius 3 is 2.30 bits per heavy atom. The zero-order valence-electron chi connectivity index (χ0n) is 11.6. The smallest absolute Gasteiger partial charge is 0.352 e. The Morgan fingerprint density at radius 1 is 1.25 bits per heavy atom. The molecule has 1 amide bonds. The minimum absolute atomic E-state index is 0.0550. The van der Waals surface area contributed by atoms with E-state index in [1.165, 1.54) is 6.07 Å². The highest BCUT2D eigenvalue weighted by Crippen LogP contribution is 2.35. The number of nitrogen functional groups attached to an aromatic ring is 1. The molecule has 0 aliphatic carbocycles. The molecule has 0 unspecified atom stereocenters. The van der Waals surface area contributed by atoms with Crippen LogP contribution in [-0.4, -0.2) is 12.5 Å². The van der Waals surface area contributed by atoms with Gasteiger partial charge in [0.1, 0.15) is 0 Å². The maximum Gasteiger partial charge on any atom is 0.418 e. The molecule has 0 atom stereocenters. The minimum Gasteiger partial charge on any atom is -0.352 e. The number of amides is 1. The maximum atomic E-state index is 12.8. The van der Waals surface area contributed by atoms with Crippen LogP contribution in [0.3, 0.4) is 0 Å². The fourth-order valence-corrected chi connectivity index (χ4v) is 1.49. The summed E-state index contributed by atoms with van der Waals surface area (Å²) in [6, 6.07) is 3.21. The molecule has 0 bridgehead atoms. The quantitative estimate of drug-likeness (QED) is 0.592. The Kier molecular flexibility index (Phi) is 4.65. The van der Waals surface area contributed by atoms with Crippen LogP contribution in [0.15, 0.2) is 18.2 Å². The van der Waals surface area contributed by atoms with Crippen LogP contribution in [0.2, 0.25) is 0 Å². The first kappa shape index (κ1) is 16.3. The van der Waals surface area contributed by atoms with Crippen molar-refractivity contribution in [2.45, 2.75) is 26.9 Å². The molecule has 0 saturated heterocycles. The highest BCUT2D eigenvalue weighted by Gasteiger charge is 2.34. The average Bonchev–Trinajstić information content (AvgIpc) is 2.33. The zero-order valence-corrected chi connectivity index (χ0v) is 11.6. The summed E-state index contributed by atoms with van der Waals surface area (Å²) in [5, 5.41) is 2.60. The first-order chi connectivity index (χ1) is 9.04. The SMILES string of the molecule is CC(C)(C)CNC(=O)c1ccc(NN)c(C(F)(F)F)c1. The summed E-state index contributed by atoms with van der Waals surface area (Å²) in [6.45, 7) is 6.10. The molecule has 4 nitrogen and oxygen atoms in total. The van der Waals surface area contributed by atoms with E-state index in [1.54, 1.807) is 0 Å². The van der Waals surface area contributed by atoms with Gasteiger partial charge in [0.25, 0.3) is 5.91 Å². The molecule has 1 rings (SSSR count). The third kappa shape index (κ3) is 4.41. The molecule has 20 heavy (non-hydrogen) atoms. The van der Waals surface area contributed by atoms with E-state index < -0.39 is 17.6 Å². The van der Waals surface area contributed by atoms with Gasteiger partial charge in [-0.05, 0) is 23.6 Å². The lowest BCUT2D eigenvalue weighted by atomic mass is 9.97. The molecule has 0 saturated carbocycles. The largest absolute Gasteiger partial charge is 0.418 e. The van der Waals surface area contributed by atoms with Gasteiger partial charge in [0.15, 0.2) is 0 Å². The Balaban J connectivity index is 3.00. The van der Waals surface area contributed by atoms with E-state index in [4.69, 9.17) is 5.84 Å². The molecule has 112 valence electrons.